The number of halogens is 1. The van der Waals surface area contributed by atoms with Crippen LogP contribution < -0.4 is 24.3 Å². The van der Waals surface area contributed by atoms with E-state index in [2.05, 4.69) is 15.5 Å². The normalized spacial score (nSPS) is 19.9. The van der Waals surface area contributed by atoms with Crippen LogP contribution in [0.4, 0.5) is 0 Å². The summed E-state index contributed by atoms with van der Waals surface area (Å²) in [5.41, 5.74) is -1.92. The number of allylic oxidation sites excluding steroid dienone is 1. The molecule has 1 amide bonds. The molecular formula is C30H30ClN3O10. The second-order valence-electron chi connectivity index (χ2n) is 10.5. The summed E-state index contributed by atoms with van der Waals surface area (Å²) in [5, 5.41) is 28.6. The summed E-state index contributed by atoms with van der Waals surface area (Å²) in [6.07, 6.45) is -0.555. The molecule has 3 atom stereocenters. The largest absolute Gasteiger partial charge is 0.507 e. The summed E-state index contributed by atoms with van der Waals surface area (Å²) in [7, 11) is 4.09. The molecule has 5 rings (SSSR count). The number of aliphatic hydroxyl groups is 1. The van der Waals surface area contributed by atoms with Gasteiger partial charge in [0.05, 0.1) is 27.9 Å². The molecule has 0 saturated carbocycles. The maximum Gasteiger partial charge on any atom is 0.246 e. The Kier molecular flexibility index (Phi) is 8.17. The molecule has 2 heterocycles. The highest BCUT2D eigenvalue weighted by atomic mass is 35.5. The smallest absolute Gasteiger partial charge is 0.246 e. The molecule has 1 aromatic heterocycles. The number of methoxy groups -OCH3 is 3. The summed E-state index contributed by atoms with van der Waals surface area (Å²) in [6.45, 7) is 3.15. The molecular weight excluding hydrogens is 598 g/mol. The number of amides is 1. The van der Waals surface area contributed by atoms with Crippen molar-refractivity contribution in [2.75, 3.05) is 21.3 Å². The van der Waals surface area contributed by atoms with Gasteiger partial charge in [-0.15, -0.1) is 0 Å². The van der Waals surface area contributed by atoms with Gasteiger partial charge in [-0.3, -0.25) is 14.4 Å². The number of rotatable bonds is 9. The highest BCUT2D eigenvalue weighted by Crippen LogP contribution is 2.56. The van der Waals surface area contributed by atoms with Crippen LogP contribution in [-0.4, -0.2) is 64.8 Å². The second kappa shape index (κ2) is 11.7. The average molecular weight is 628 g/mol. The fourth-order valence-corrected chi connectivity index (χ4v) is 5.94. The number of hydrogen-bond acceptors (Lipinski definition) is 12. The number of ketones is 2. The molecule has 1 spiro atoms. The number of hydrogen-bond donors (Lipinski definition) is 3. The number of nitrogens with zero attached hydrogens (tertiary/aromatic N) is 2. The molecule has 1 unspecified atom stereocenters. The van der Waals surface area contributed by atoms with Crippen LogP contribution in [0.3, 0.4) is 0 Å². The lowest BCUT2D eigenvalue weighted by molar-refractivity contribution is -0.122. The Labute approximate surface area is 256 Å². The van der Waals surface area contributed by atoms with E-state index in [1.807, 2.05) is 0 Å². The molecule has 0 bridgehead atoms. The van der Waals surface area contributed by atoms with E-state index in [4.69, 9.17) is 35.1 Å². The number of nitrogens with one attached hydrogen (secondary N) is 1. The minimum Gasteiger partial charge on any atom is -0.507 e. The third kappa shape index (κ3) is 4.96. The molecule has 2 aromatic carbocycles. The van der Waals surface area contributed by atoms with Crippen LogP contribution in [0, 0.1) is 12.8 Å². The Bertz CT molecular complexity index is 1700. The van der Waals surface area contributed by atoms with E-state index in [1.54, 1.807) is 13.8 Å². The van der Waals surface area contributed by atoms with Gasteiger partial charge in [-0.1, -0.05) is 29.7 Å². The van der Waals surface area contributed by atoms with E-state index in [0.29, 0.717) is 11.4 Å². The Hall–Kier alpha value is -4.78. The molecule has 44 heavy (non-hydrogen) atoms. The summed E-state index contributed by atoms with van der Waals surface area (Å²) >= 11 is 6.54. The van der Waals surface area contributed by atoms with Gasteiger partial charge in [0.15, 0.2) is 34.6 Å². The maximum atomic E-state index is 14.2. The number of Topliss-reactive ketones (excluding diaryl/α,β-unsaturated/α-hetero) is 2. The van der Waals surface area contributed by atoms with E-state index >= 15 is 0 Å². The Morgan fingerprint density at radius 1 is 1.14 bits per heavy atom. The van der Waals surface area contributed by atoms with Gasteiger partial charge in [-0.25, -0.2) is 0 Å². The fourth-order valence-electron chi connectivity index (χ4n) is 5.68. The van der Waals surface area contributed by atoms with Crippen LogP contribution in [0.1, 0.15) is 53.3 Å². The Morgan fingerprint density at radius 3 is 2.48 bits per heavy atom. The first kappa shape index (κ1) is 30.7. The first-order valence-corrected chi connectivity index (χ1v) is 13.9. The zero-order chi connectivity index (χ0) is 31.9. The van der Waals surface area contributed by atoms with Crippen molar-refractivity contribution >= 4 is 29.1 Å². The molecule has 1 aliphatic heterocycles. The standard InChI is InChI=1S/C30H30ClN3O10/c1-13-8-18(36)24(28(38)30(13)29(39)25-20(41-4)11-21(42-5)26(31)27(25)43-30)16(15-6-7-17(35)19(9-15)40-3)10-22(37)32-12-23-33-14(2)34-44-23/h6-7,9,11,13,16,35,38H,8,10,12H2,1-5H3,(H,32,37)/t13-,16?,30+/m1/s1. The predicted octanol–water partition coefficient (Wildman–Crippen LogP) is 3.99. The quantitative estimate of drug-likeness (QED) is 0.311. The molecule has 13 nitrogen and oxygen atoms in total. The number of carbonyl (C=O) groups excluding carboxylic acids is 3. The van der Waals surface area contributed by atoms with E-state index in [-0.39, 0.29) is 70.2 Å². The van der Waals surface area contributed by atoms with Gasteiger partial charge in [0, 0.05) is 36.3 Å². The minimum absolute atomic E-state index is 0.0116. The number of aliphatic hydroxyl groups excluding tert-OH is 1. The second-order valence-corrected chi connectivity index (χ2v) is 10.8. The summed E-state index contributed by atoms with van der Waals surface area (Å²) in [6, 6.07) is 5.71. The van der Waals surface area contributed by atoms with Crippen LogP contribution in [0.5, 0.6) is 28.7 Å². The number of ether oxygens (including phenoxy) is 4. The number of aromatic nitrogens is 2. The average Bonchev–Trinajstić information content (AvgIpc) is 3.56. The topological polar surface area (TPSA) is 180 Å². The third-order valence-corrected chi connectivity index (χ3v) is 8.22. The van der Waals surface area contributed by atoms with E-state index in [9.17, 15) is 24.6 Å². The van der Waals surface area contributed by atoms with Gasteiger partial charge < -0.3 is 39.0 Å². The van der Waals surface area contributed by atoms with Gasteiger partial charge in [0.2, 0.25) is 23.2 Å². The Morgan fingerprint density at radius 2 is 1.84 bits per heavy atom. The molecule has 3 aromatic rings. The summed E-state index contributed by atoms with van der Waals surface area (Å²) in [5.74, 6) is -3.60. The molecule has 2 aliphatic rings. The van der Waals surface area contributed by atoms with Crippen LogP contribution in [0.25, 0.3) is 0 Å². The Balaban J connectivity index is 1.63. The number of aromatic hydroxyl groups is 1. The monoisotopic (exact) mass is 627 g/mol. The number of aryl methyl sites for hydroxylation is 1. The zero-order valence-electron chi connectivity index (χ0n) is 24.5. The van der Waals surface area contributed by atoms with Crippen molar-refractivity contribution in [3.8, 4) is 28.7 Å². The van der Waals surface area contributed by atoms with Gasteiger partial charge in [0.25, 0.3) is 0 Å². The van der Waals surface area contributed by atoms with E-state index in [0.717, 1.165) is 0 Å². The van der Waals surface area contributed by atoms with Crippen LogP contribution in [0.2, 0.25) is 5.02 Å². The first-order valence-electron chi connectivity index (χ1n) is 13.5. The highest BCUT2D eigenvalue weighted by molar-refractivity contribution is 6.35. The minimum atomic E-state index is -2.05. The number of phenols is 1. The van der Waals surface area contributed by atoms with Gasteiger partial charge in [-0.05, 0) is 24.6 Å². The molecule has 3 N–H and O–H groups in total. The zero-order valence-corrected chi connectivity index (χ0v) is 25.3. The van der Waals surface area contributed by atoms with Gasteiger partial charge in [-0.2, -0.15) is 4.98 Å². The lowest BCUT2D eigenvalue weighted by Gasteiger charge is -2.38. The van der Waals surface area contributed by atoms with Crippen molar-refractivity contribution in [1.82, 2.24) is 15.5 Å². The number of fused-ring (bicyclic) bond motifs is 1. The van der Waals surface area contributed by atoms with Crippen LogP contribution in [-0.2, 0) is 16.1 Å². The number of benzene rings is 2. The lowest BCUT2D eigenvalue weighted by atomic mass is 9.69. The highest BCUT2D eigenvalue weighted by Gasteiger charge is 2.61. The molecule has 0 radical (unpaired) electrons. The third-order valence-electron chi connectivity index (χ3n) is 7.86. The molecule has 14 heteroatoms. The molecule has 1 aliphatic carbocycles. The fraction of sp³-hybridized carbons (Fsp3) is 0.367. The molecule has 0 fully saturated rings. The predicted molar refractivity (Wildman–Crippen MR) is 154 cm³/mol. The summed E-state index contributed by atoms with van der Waals surface area (Å²) < 4.78 is 27.3. The van der Waals surface area contributed by atoms with Crippen molar-refractivity contribution in [2.24, 2.45) is 5.92 Å². The molecule has 0 saturated heterocycles. The van der Waals surface area contributed by atoms with E-state index in [1.165, 1.54) is 45.6 Å². The van der Waals surface area contributed by atoms with Crippen molar-refractivity contribution in [2.45, 2.75) is 44.8 Å². The van der Waals surface area contributed by atoms with Gasteiger partial charge >= 0.3 is 0 Å². The van der Waals surface area contributed by atoms with Crippen molar-refractivity contribution in [3.05, 3.63) is 63.5 Å². The maximum absolute atomic E-state index is 14.2. The van der Waals surface area contributed by atoms with E-state index < -0.39 is 40.7 Å². The summed E-state index contributed by atoms with van der Waals surface area (Å²) in [4.78, 5) is 45.2. The van der Waals surface area contributed by atoms with Crippen LogP contribution >= 0.6 is 11.6 Å². The van der Waals surface area contributed by atoms with Gasteiger partial charge in [0.1, 0.15) is 22.1 Å². The van der Waals surface area contributed by atoms with Crippen LogP contribution in [0.15, 0.2) is 40.1 Å². The first-order chi connectivity index (χ1) is 21.0. The van der Waals surface area contributed by atoms with Crippen molar-refractivity contribution in [3.63, 3.8) is 0 Å². The number of carbonyl (C=O) groups is 3. The van der Waals surface area contributed by atoms with Crippen molar-refractivity contribution < 1.29 is 48.1 Å². The molecule has 232 valence electrons. The number of phenolic OH excluding ortho intramolecular Hbond substituents is 1. The lowest BCUT2D eigenvalue weighted by Crippen LogP contribution is -2.53. The van der Waals surface area contributed by atoms with Crippen molar-refractivity contribution in [1.29, 1.82) is 0 Å². The SMILES string of the molecule is COc1cc(C(CC(=O)NCc2nc(C)no2)C2=C(O)[C@@]3(Oc4c(Cl)c(OC)cc(OC)c4C3=O)[C@H](C)CC2=O)ccc1O.